The first-order chi connectivity index (χ1) is 8.64. The summed E-state index contributed by atoms with van der Waals surface area (Å²) in [7, 11) is -3.17. The molecule has 7 heteroatoms. The van der Waals surface area contributed by atoms with Crippen LogP contribution in [0.4, 0.5) is 4.79 Å². The van der Waals surface area contributed by atoms with Crippen molar-refractivity contribution in [2.24, 2.45) is 0 Å². The molecule has 1 rings (SSSR count). The molecule has 1 heterocycles. The summed E-state index contributed by atoms with van der Waals surface area (Å²) in [6.45, 7) is 8.01. The number of amides is 1. The van der Waals surface area contributed by atoms with E-state index < -0.39 is 21.7 Å². The van der Waals surface area contributed by atoms with Gasteiger partial charge >= 0.3 is 6.09 Å². The predicted octanol–water partition coefficient (Wildman–Crippen LogP) is 1.33. The van der Waals surface area contributed by atoms with Crippen LogP contribution in [0.25, 0.3) is 0 Å². The minimum absolute atomic E-state index is 0.159. The number of carbonyl (C=O) groups excluding carboxylic acids is 1. The Morgan fingerprint density at radius 2 is 2.05 bits per heavy atom. The first kappa shape index (κ1) is 16.2. The topological polar surface area (TPSA) is 75.7 Å². The molecule has 0 aromatic heterocycles. The van der Waals surface area contributed by atoms with Crippen molar-refractivity contribution < 1.29 is 17.9 Å². The maximum atomic E-state index is 11.9. The summed E-state index contributed by atoms with van der Waals surface area (Å²) in [6.07, 6.45) is 0.734. The van der Waals surface area contributed by atoms with E-state index in [1.165, 1.54) is 4.31 Å². The lowest BCUT2D eigenvalue weighted by atomic mass is 10.2. The Morgan fingerprint density at radius 3 is 2.58 bits per heavy atom. The number of hydrogen-bond acceptors (Lipinski definition) is 4. The van der Waals surface area contributed by atoms with E-state index in [1.54, 1.807) is 20.8 Å². The lowest BCUT2D eigenvalue weighted by molar-refractivity contribution is 0.0507. The monoisotopic (exact) mass is 292 g/mol. The molecule has 0 bridgehead atoms. The van der Waals surface area contributed by atoms with Crippen molar-refractivity contribution in [1.82, 2.24) is 9.62 Å². The van der Waals surface area contributed by atoms with Gasteiger partial charge < -0.3 is 10.1 Å². The second-order valence-electron chi connectivity index (χ2n) is 5.81. The molecule has 1 aliphatic rings. The molecule has 1 fully saturated rings. The average molecular weight is 292 g/mol. The van der Waals surface area contributed by atoms with Crippen LogP contribution in [0.1, 0.15) is 40.5 Å². The molecular formula is C12H24N2O4S. The number of nitrogens with one attached hydrogen (secondary N) is 1. The van der Waals surface area contributed by atoms with E-state index in [-0.39, 0.29) is 11.8 Å². The van der Waals surface area contributed by atoms with Crippen LogP contribution in [0.3, 0.4) is 0 Å². The lowest BCUT2D eigenvalue weighted by Gasteiger charge is -2.22. The van der Waals surface area contributed by atoms with Gasteiger partial charge in [-0.05, 0) is 33.6 Å². The first-order valence-corrected chi connectivity index (χ1v) is 8.22. The molecule has 0 aromatic carbocycles. The van der Waals surface area contributed by atoms with Crippen molar-refractivity contribution in [3.8, 4) is 0 Å². The van der Waals surface area contributed by atoms with E-state index in [0.717, 1.165) is 0 Å². The highest BCUT2D eigenvalue weighted by Crippen LogP contribution is 2.15. The fourth-order valence-corrected chi connectivity index (χ4v) is 3.52. The summed E-state index contributed by atoms with van der Waals surface area (Å²) in [5.41, 5.74) is -0.545. The predicted molar refractivity (Wildman–Crippen MR) is 73.4 cm³/mol. The van der Waals surface area contributed by atoms with Crippen molar-refractivity contribution in [2.75, 3.05) is 18.8 Å². The van der Waals surface area contributed by atoms with Crippen LogP contribution in [0.15, 0.2) is 0 Å². The van der Waals surface area contributed by atoms with Gasteiger partial charge in [0.1, 0.15) is 5.60 Å². The average Bonchev–Trinajstić information content (AvgIpc) is 2.63. The van der Waals surface area contributed by atoms with E-state index in [2.05, 4.69) is 5.32 Å². The first-order valence-electron chi connectivity index (χ1n) is 6.61. The van der Waals surface area contributed by atoms with Crippen LogP contribution < -0.4 is 5.32 Å². The van der Waals surface area contributed by atoms with Crippen LogP contribution in [0.2, 0.25) is 0 Å². The molecule has 1 saturated heterocycles. The van der Waals surface area contributed by atoms with Crippen molar-refractivity contribution in [2.45, 2.75) is 52.2 Å². The van der Waals surface area contributed by atoms with Crippen LogP contribution in [-0.2, 0) is 14.8 Å². The molecule has 112 valence electrons. The Morgan fingerprint density at radius 1 is 1.42 bits per heavy atom. The van der Waals surface area contributed by atoms with Crippen molar-refractivity contribution in [1.29, 1.82) is 0 Å². The van der Waals surface area contributed by atoms with Crippen molar-refractivity contribution in [3.63, 3.8) is 0 Å². The normalized spacial score (nSPS) is 21.4. The maximum absolute atomic E-state index is 11.9. The smallest absolute Gasteiger partial charge is 0.407 e. The lowest BCUT2D eigenvalue weighted by Crippen LogP contribution is -2.41. The van der Waals surface area contributed by atoms with Gasteiger partial charge in [0.2, 0.25) is 10.0 Å². The van der Waals surface area contributed by atoms with Gasteiger partial charge in [-0.15, -0.1) is 0 Å². The van der Waals surface area contributed by atoms with Crippen molar-refractivity contribution in [3.05, 3.63) is 0 Å². The van der Waals surface area contributed by atoms with Crippen LogP contribution in [0.5, 0.6) is 0 Å². The highest BCUT2D eigenvalue weighted by molar-refractivity contribution is 7.89. The summed E-state index contributed by atoms with van der Waals surface area (Å²) in [4.78, 5) is 11.6. The summed E-state index contributed by atoms with van der Waals surface area (Å²) in [5.74, 6) is 0.159. The molecule has 0 unspecified atom stereocenters. The third-order valence-electron chi connectivity index (χ3n) is 2.73. The summed E-state index contributed by atoms with van der Waals surface area (Å²) in [6, 6.07) is -0.165. The minimum Gasteiger partial charge on any atom is -0.444 e. The van der Waals surface area contributed by atoms with Gasteiger partial charge in [0.05, 0.1) is 5.75 Å². The minimum atomic E-state index is -3.17. The van der Waals surface area contributed by atoms with Gasteiger partial charge in [-0.3, -0.25) is 0 Å². The molecule has 0 radical (unpaired) electrons. The van der Waals surface area contributed by atoms with Crippen LogP contribution in [-0.4, -0.2) is 49.3 Å². The standard InChI is InChI=1S/C12H24N2O4S/c1-5-8-19(16,17)14-7-6-10(9-14)13-11(15)18-12(2,3)4/h10H,5-9H2,1-4H3,(H,13,15)/t10-/m0/s1. The Kier molecular flexibility index (Phi) is 5.20. The van der Waals surface area contributed by atoms with Gasteiger partial charge in [-0.25, -0.2) is 13.2 Å². The molecule has 6 nitrogen and oxygen atoms in total. The Bertz CT molecular complexity index is 414. The van der Waals surface area contributed by atoms with E-state index >= 15 is 0 Å². The van der Waals surface area contributed by atoms with E-state index in [4.69, 9.17) is 4.74 Å². The quantitative estimate of drug-likeness (QED) is 0.848. The third kappa shape index (κ3) is 5.36. The summed E-state index contributed by atoms with van der Waals surface area (Å²) in [5, 5.41) is 2.71. The molecule has 1 N–H and O–H groups in total. The number of sulfonamides is 1. The number of carbonyl (C=O) groups is 1. The molecule has 19 heavy (non-hydrogen) atoms. The molecule has 0 saturated carbocycles. The summed E-state index contributed by atoms with van der Waals surface area (Å²) < 4.78 is 30.3. The fourth-order valence-electron chi connectivity index (χ4n) is 1.96. The van der Waals surface area contributed by atoms with Gasteiger partial charge in [0, 0.05) is 19.1 Å². The maximum Gasteiger partial charge on any atom is 0.407 e. The fraction of sp³-hybridized carbons (Fsp3) is 0.917. The zero-order valence-electron chi connectivity index (χ0n) is 12.1. The molecule has 1 aliphatic heterocycles. The number of nitrogens with zero attached hydrogens (tertiary/aromatic N) is 1. The number of hydrogen-bond donors (Lipinski definition) is 1. The van der Waals surface area contributed by atoms with E-state index in [0.29, 0.717) is 25.9 Å². The highest BCUT2D eigenvalue weighted by Gasteiger charge is 2.32. The zero-order valence-corrected chi connectivity index (χ0v) is 12.9. The highest BCUT2D eigenvalue weighted by atomic mass is 32.2. The molecule has 0 spiro atoms. The van der Waals surface area contributed by atoms with Gasteiger partial charge in [-0.1, -0.05) is 6.92 Å². The molecule has 1 amide bonds. The Hall–Kier alpha value is -0.820. The van der Waals surface area contributed by atoms with Gasteiger partial charge in [-0.2, -0.15) is 4.31 Å². The zero-order chi connectivity index (χ0) is 14.7. The summed E-state index contributed by atoms with van der Waals surface area (Å²) >= 11 is 0. The third-order valence-corrected chi connectivity index (χ3v) is 4.77. The number of ether oxygens (including phenoxy) is 1. The molecular weight excluding hydrogens is 268 g/mol. The SMILES string of the molecule is CCCS(=O)(=O)N1CC[C@H](NC(=O)OC(C)(C)C)C1. The van der Waals surface area contributed by atoms with E-state index in [1.807, 2.05) is 6.92 Å². The van der Waals surface area contributed by atoms with Crippen molar-refractivity contribution >= 4 is 16.1 Å². The number of alkyl carbamates (subject to hydrolysis) is 1. The van der Waals surface area contributed by atoms with Gasteiger partial charge in [0.15, 0.2) is 0 Å². The molecule has 1 atom stereocenters. The second-order valence-corrected chi connectivity index (χ2v) is 7.89. The Balaban J connectivity index is 2.47. The van der Waals surface area contributed by atoms with Gasteiger partial charge in [0.25, 0.3) is 0 Å². The van der Waals surface area contributed by atoms with Crippen LogP contribution >= 0.6 is 0 Å². The Labute approximate surface area is 115 Å². The van der Waals surface area contributed by atoms with E-state index in [9.17, 15) is 13.2 Å². The van der Waals surface area contributed by atoms with Crippen LogP contribution in [0, 0.1) is 0 Å². The largest absolute Gasteiger partial charge is 0.444 e. The molecule has 0 aromatic rings. The molecule has 0 aliphatic carbocycles. The number of rotatable bonds is 4. The second kappa shape index (κ2) is 6.09.